The van der Waals surface area contributed by atoms with Crippen LogP contribution >= 0.6 is 0 Å². The van der Waals surface area contributed by atoms with Crippen LogP contribution in [0, 0.1) is 6.92 Å². The second-order valence-electron chi connectivity index (χ2n) is 1.69. The monoisotopic (exact) mass is 113 g/mol. The molecule has 0 spiro atoms. The van der Waals surface area contributed by atoms with Gasteiger partial charge in [0.2, 0.25) is 0 Å². The first-order valence-corrected chi connectivity index (χ1v) is 2.29. The van der Waals surface area contributed by atoms with Gasteiger partial charge in [-0.05, 0) is 19.4 Å². The lowest BCUT2D eigenvalue weighted by molar-refractivity contribution is -0.132. The Morgan fingerprint density at radius 3 is 2.25 bits per heavy atom. The highest BCUT2D eigenvalue weighted by Gasteiger charge is 1.84. The van der Waals surface area contributed by atoms with Crippen LogP contribution in [0.2, 0.25) is 0 Å². The summed E-state index contributed by atoms with van der Waals surface area (Å²) in [6, 6.07) is 0. The summed E-state index contributed by atoms with van der Waals surface area (Å²) in [6.45, 7) is 6.68. The zero-order valence-electron chi connectivity index (χ0n) is 5.10. The van der Waals surface area contributed by atoms with Gasteiger partial charge in [0.25, 0.3) is 0 Å². The van der Waals surface area contributed by atoms with Crippen molar-refractivity contribution in [3.63, 3.8) is 0 Å². The van der Waals surface area contributed by atoms with Crippen LogP contribution in [0.3, 0.4) is 0 Å². The van der Waals surface area contributed by atoms with Crippen LogP contribution in [-0.4, -0.2) is 5.97 Å². The van der Waals surface area contributed by atoms with E-state index in [0.29, 0.717) is 0 Å². The summed E-state index contributed by atoms with van der Waals surface area (Å²) in [5.41, 5.74) is 0.946. The van der Waals surface area contributed by atoms with E-state index in [1.807, 2.05) is 13.8 Å². The van der Waals surface area contributed by atoms with E-state index in [0.717, 1.165) is 5.57 Å². The normalized spacial score (nSPS) is 7.88. The summed E-state index contributed by atoms with van der Waals surface area (Å²) in [6.07, 6.45) is 1.37. The molecule has 0 atom stereocenters. The Bertz CT molecular complexity index is 110. The Labute approximate surface area is 49.1 Å². The molecule has 2 heteroatoms. The average molecular weight is 113 g/mol. The molecule has 0 rings (SSSR count). The topological polar surface area (TPSA) is 26.3 Å². The van der Waals surface area contributed by atoms with Gasteiger partial charge in [0.15, 0.2) is 0 Å². The molecule has 0 heterocycles. The molecule has 0 unspecified atom stereocenters. The van der Waals surface area contributed by atoms with Crippen molar-refractivity contribution in [1.82, 2.24) is 0 Å². The van der Waals surface area contributed by atoms with Gasteiger partial charge in [0.05, 0.1) is 13.2 Å². The molecule has 0 fully saturated rings. The number of allylic oxidation sites excluding steroid dienone is 1. The van der Waals surface area contributed by atoms with Crippen LogP contribution in [0.5, 0.6) is 0 Å². The molecule has 0 aromatic carbocycles. The largest absolute Gasteiger partial charge is 0.435 e. The molecule has 0 aliphatic carbocycles. The van der Waals surface area contributed by atoms with E-state index in [2.05, 4.69) is 11.7 Å². The van der Waals surface area contributed by atoms with E-state index in [-0.39, 0.29) is 0 Å². The van der Waals surface area contributed by atoms with Gasteiger partial charge in [-0.1, -0.05) is 0 Å². The standard InChI is InChI=1S/C6H9O2/c1-5(2)4-8-6(3)7/h4H,3H2,1-2H3. The van der Waals surface area contributed by atoms with Gasteiger partial charge < -0.3 is 4.74 Å². The highest BCUT2D eigenvalue weighted by Crippen LogP contribution is 1.88. The second kappa shape index (κ2) is 3.24. The number of hydrogen-bond donors (Lipinski definition) is 0. The predicted molar refractivity (Wildman–Crippen MR) is 30.9 cm³/mol. The number of hydrogen-bond acceptors (Lipinski definition) is 2. The average Bonchev–Trinajstić information content (AvgIpc) is 1.61. The summed E-state index contributed by atoms with van der Waals surface area (Å²) in [5.74, 6) is -0.522. The molecule has 0 aromatic heterocycles. The quantitative estimate of drug-likeness (QED) is 0.378. The van der Waals surface area contributed by atoms with Gasteiger partial charge >= 0.3 is 5.97 Å². The third-order valence-corrected chi connectivity index (χ3v) is 0.426. The van der Waals surface area contributed by atoms with Gasteiger partial charge in [-0.2, -0.15) is 0 Å². The van der Waals surface area contributed by atoms with Gasteiger partial charge in [0.1, 0.15) is 0 Å². The van der Waals surface area contributed by atoms with Crippen LogP contribution in [-0.2, 0) is 9.53 Å². The van der Waals surface area contributed by atoms with Gasteiger partial charge in [-0.3, -0.25) is 4.79 Å². The fraction of sp³-hybridized carbons (Fsp3) is 0.333. The molecule has 2 nitrogen and oxygen atoms in total. The van der Waals surface area contributed by atoms with Crippen molar-refractivity contribution < 1.29 is 9.53 Å². The van der Waals surface area contributed by atoms with Gasteiger partial charge in [-0.15, -0.1) is 0 Å². The molecule has 0 saturated heterocycles. The Balaban J connectivity index is 3.45. The lowest BCUT2D eigenvalue weighted by Crippen LogP contribution is -1.90. The molecular weight excluding hydrogens is 104 g/mol. The maximum absolute atomic E-state index is 9.97. The Hall–Kier alpha value is -0.790. The van der Waals surface area contributed by atoms with Crippen LogP contribution in [0.1, 0.15) is 13.8 Å². The Morgan fingerprint density at radius 2 is 2.12 bits per heavy atom. The van der Waals surface area contributed by atoms with E-state index in [9.17, 15) is 4.79 Å². The SMILES string of the molecule is [CH2]C(=O)OC=C(C)C. The van der Waals surface area contributed by atoms with Crippen molar-refractivity contribution in [2.24, 2.45) is 0 Å². The van der Waals surface area contributed by atoms with Gasteiger partial charge in [0, 0.05) is 0 Å². The molecular formula is C6H9O2. The molecule has 1 radical (unpaired) electrons. The molecule has 0 aliphatic rings. The van der Waals surface area contributed by atoms with Crippen LogP contribution in [0.15, 0.2) is 11.8 Å². The number of rotatable bonds is 1. The fourth-order valence-electron chi connectivity index (χ4n) is 0.184. The van der Waals surface area contributed by atoms with E-state index >= 15 is 0 Å². The zero-order chi connectivity index (χ0) is 6.57. The summed E-state index contributed by atoms with van der Waals surface area (Å²) in [5, 5.41) is 0. The number of ether oxygens (including phenoxy) is 1. The molecule has 0 bridgehead atoms. The Kier molecular flexibility index (Phi) is 2.92. The molecule has 45 valence electrons. The fourth-order valence-corrected chi connectivity index (χ4v) is 0.184. The van der Waals surface area contributed by atoms with Crippen molar-refractivity contribution >= 4 is 5.97 Å². The van der Waals surface area contributed by atoms with Crippen molar-refractivity contribution in [2.75, 3.05) is 0 Å². The third-order valence-electron chi connectivity index (χ3n) is 0.426. The summed E-state index contributed by atoms with van der Waals surface area (Å²) >= 11 is 0. The van der Waals surface area contributed by atoms with Crippen LogP contribution < -0.4 is 0 Å². The third kappa shape index (κ3) is 5.21. The van der Waals surface area contributed by atoms with Crippen molar-refractivity contribution in [2.45, 2.75) is 13.8 Å². The van der Waals surface area contributed by atoms with Gasteiger partial charge in [-0.25, -0.2) is 0 Å². The highest BCUT2D eigenvalue weighted by atomic mass is 16.5. The first-order chi connectivity index (χ1) is 3.63. The minimum Gasteiger partial charge on any atom is -0.435 e. The number of esters is 1. The zero-order valence-corrected chi connectivity index (χ0v) is 5.10. The first kappa shape index (κ1) is 7.21. The smallest absolute Gasteiger partial charge is 0.311 e. The van der Waals surface area contributed by atoms with Crippen molar-refractivity contribution in [1.29, 1.82) is 0 Å². The summed E-state index contributed by atoms with van der Waals surface area (Å²) in [7, 11) is 0. The molecule has 0 aliphatic heterocycles. The first-order valence-electron chi connectivity index (χ1n) is 2.29. The summed E-state index contributed by atoms with van der Waals surface area (Å²) < 4.78 is 4.39. The minimum absolute atomic E-state index is 0.522. The highest BCUT2D eigenvalue weighted by molar-refractivity contribution is 5.74. The van der Waals surface area contributed by atoms with E-state index in [1.165, 1.54) is 6.26 Å². The minimum atomic E-state index is -0.522. The number of carbonyl (C=O) groups excluding carboxylic acids is 1. The van der Waals surface area contributed by atoms with E-state index < -0.39 is 5.97 Å². The maximum Gasteiger partial charge on any atom is 0.311 e. The number of carbonyl (C=O) groups is 1. The molecule has 8 heavy (non-hydrogen) atoms. The predicted octanol–water partition coefficient (Wildman–Crippen LogP) is 1.29. The molecule has 0 saturated carbocycles. The lowest BCUT2D eigenvalue weighted by Gasteiger charge is -1.90. The second-order valence-corrected chi connectivity index (χ2v) is 1.69. The van der Waals surface area contributed by atoms with E-state index in [1.54, 1.807) is 0 Å². The van der Waals surface area contributed by atoms with E-state index in [4.69, 9.17) is 0 Å². The summed E-state index contributed by atoms with van der Waals surface area (Å²) in [4.78, 5) is 9.97. The van der Waals surface area contributed by atoms with Crippen molar-refractivity contribution in [3.8, 4) is 0 Å². The molecule has 0 N–H and O–H groups in total. The van der Waals surface area contributed by atoms with Crippen LogP contribution in [0.25, 0.3) is 0 Å². The maximum atomic E-state index is 9.97. The Morgan fingerprint density at radius 1 is 1.62 bits per heavy atom. The van der Waals surface area contributed by atoms with Crippen molar-refractivity contribution in [3.05, 3.63) is 18.8 Å². The molecule has 0 aromatic rings. The van der Waals surface area contributed by atoms with Crippen LogP contribution in [0.4, 0.5) is 0 Å². The molecule has 0 amide bonds. The lowest BCUT2D eigenvalue weighted by atomic mass is 10.4.